The van der Waals surface area contributed by atoms with Crippen LogP contribution in [0.2, 0.25) is 0 Å². The van der Waals surface area contributed by atoms with Crippen LogP contribution in [0.1, 0.15) is 41.4 Å². The topological polar surface area (TPSA) is 68.6 Å². The van der Waals surface area contributed by atoms with Crippen LogP contribution in [-0.2, 0) is 0 Å². The van der Waals surface area contributed by atoms with Gasteiger partial charge < -0.3 is 4.90 Å². The Morgan fingerprint density at radius 3 is 2.43 bits per heavy atom. The van der Waals surface area contributed by atoms with Gasteiger partial charge in [-0.15, -0.1) is 0 Å². The van der Waals surface area contributed by atoms with E-state index in [0.717, 1.165) is 43.0 Å². The number of hydrogen-bond donors (Lipinski definition) is 0. The van der Waals surface area contributed by atoms with Gasteiger partial charge in [0, 0.05) is 18.8 Å². The van der Waals surface area contributed by atoms with Gasteiger partial charge in [0.1, 0.15) is 12.1 Å². The highest BCUT2D eigenvalue weighted by molar-refractivity contribution is 5.68. The Morgan fingerprint density at radius 1 is 1.17 bits per heavy atom. The highest BCUT2D eigenvalue weighted by Crippen LogP contribution is 2.31. The van der Waals surface area contributed by atoms with E-state index in [1.807, 2.05) is 6.92 Å². The number of benzene rings is 1. The summed E-state index contributed by atoms with van der Waals surface area (Å²) in [6, 6.07) is 12.1. The summed E-state index contributed by atoms with van der Waals surface area (Å²) in [6.45, 7) is 5.71. The van der Waals surface area contributed by atoms with E-state index in [1.54, 1.807) is 18.2 Å². The van der Waals surface area contributed by atoms with Crippen molar-refractivity contribution in [3.05, 3.63) is 46.8 Å². The number of para-hydroxylation sites is 1. The molecule has 0 amide bonds. The Kier molecular flexibility index (Phi) is 4.04. The van der Waals surface area contributed by atoms with Crippen LogP contribution in [-0.4, -0.2) is 22.9 Å². The Bertz CT molecular complexity index is 774. The summed E-state index contributed by atoms with van der Waals surface area (Å²) in [5, 5.41) is 23.4. The maximum Gasteiger partial charge on any atom is 0.101 e. The minimum absolute atomic E-state index is 0.274. The highest BCUT2D eigenvalue weighted by atomic mass is 15.3. The van der Waals surface area contributed by atoms with Gasteiger partial charge in [-0.1, -0.05) is 6.07 Å². The fourth-order valence-corrected chi connectivity index (χ4v) is 3.44. The summed E-state index contributed by atoms with van der Waals surface area (Å²) < 4.78 is 2.09. The average molecular weight is 305 g/mol. The lowest BCUT2D eigenvalue weighted by Gasteiger charge is -2.35. The van der Waals surface area contributed by atoms with Crippen LogP contribution in [0.3, 0.4) is 0 Å². The number of aromatic nitrogens is 2. The molecule has 0 radical (unpaired) electrons. The van der Waals surface area contributed by atoms with Crippen LogP contribution in [0.15, 0.2) is 24.3 Å². The molecule has 0 saturated carbocycles. The molecule has 1 atom stereocenters. The molecule has 0 N–H and O–H groups in total. The van der Waals surface area contributed by atoms with Gasteiger partial charge in [-0.3, -0.25) is 4.68 Å². The van der Waals surface area contributed by atoms with E-state index in [0.29, 0.717) is 11.1 Å². The van der Waals surface area contributed by atoms with Crippen molar-refractivity contribution in [1.29, 1.82) is 10.5 Å². The molecule has 1 aromatic carbocycles. The van der Waals surface area contributed by atoms with Gasteiger partial charge in [0.15, 0.2) is 0 Å². The summed E-state index contributed by atoms with van der Waals surface area (Å²) in [6.07, 6.45) is 2.09. The molecular formula is C18H19N5. The molecule has 116 valence electrons. The molecule has 1 aromatic heterocycles. The zero-order valence-corrected chi connectivity index (χ0v) is 13.5. The number of aryl methyl sites for hydroxylation is 2. The molecule has 1 saturated heterocycles. The first-order valence-electron chi connectivity index (χ1n) is 7.85. The largest absolute Gasteiger partial charge is 0.367 e. The molecule has 1 aliphatic rings. The van der Waals surface area contributed by atoms with Crippen molar-refractivity contribution >= 4 is 5.69 Å². The molecule has 2 heterocycles. The third kappa shape index (κ3) is 2.78. The van der Waals surface area contributed by atoms with E-state index in [1.165, 1.54) is 0 Å². The van der Waals surface area contributed by atoms with Crippen LogP contribution in [0.5, 0.6) is 0 Å². The lowest BCUT2D eigenvalue weighted by atomic mass is 10.0. The summed E-state index contributed by atoms with van der Waals surface area (Å²) in [7, 11) is 0. The summed E-state index contributed by atoms with van der Waals surface area (Å²) in [4.78, 5) is 2.17. The second-order valence-electron chi connectivity index (χ2n) is 6.04. The molecular weight excluding hydrogens is 286 g/mol. The van der Waals surface area contributed by atoms with Crippen molar-refractivity contribution in [2.45, 2.75) is 32.7 Å². The van der Waals surface area contributed by atoms with E-state index in [2.05, 4.69) is 39.8 Å². The fourth-order valence-electron chi connectivity index (χ4n) is 3.44. The summed E-state index contributed by atoms with van der Waals surface area (Å²) in [5.41, 5.74) is 4.08. The summed E-state index contributed by atoms with van der Waals surface area (Å²) in [5.74, 6) is 0. The second-order valence-corrected chi connectivity index (χ2v) is 6.04. The summed E-state index contributed by atoms with van der Waals surface area (Å²) >= 11 is 0. The van der Waals surface area contributed by atoms with Crippen LogP contribution >= 0.6 is 0 Å². The monoisotopic (exact) mass is 305 g/mol. The first-order valence-corrected chi connectivity index (χ1v) is 7.85. The van der Waals surface area contributed by atoms with Crippen molar-refractivity contribution < 1.29 is 0 Å². The zero-order chi connectivity index (χ0) is 16.4. The minimum Gasteiger partial charge on any atom is -0.367 e. The maximum absolute atomic E-state index is 9.40. The molecule has 23 heavy (non-hydrogen) atoms. The van der Waals surface area contributed by atoms with Crippen LogP contribution in [0.4, 0.5) is 5.69 Å². The van der Waals surface area contributed by atoms with Gasteiger partial charge in [0.05, 0.1) is 28.6 Å². The van der Waals surface area contributed by atoms with Gasteiger partial charge in [-0.2, -0.15) is 15.6 Å². The SMILES string of the molecule is Cc1cc(C)n(C2CCCN(c3c(C#N)cccc3C#N)C2)n1. The number of nitrogens with zero attached hydrogens (tertiary/aromatic N) is 5. The van der Waals surface area contributed by atoms with Crippen molar-refractivity contribution in [3.63, 3.8) is 0 Å². The zero-order valence-electron chi connectivity index (χ0n) is 13.5. The number of hydrogen-bond acceptors (Lipinski definition) is 4. The highest BCUT2D eigenvalue weighted by Gasteiger charge is 2.26. The van der Waals surface area contributed by atoms with Gasteiger partial charge >= 0.3 is 0 Å². The second kappa shape index (κ2) is 6.14. The molecule has 0 spiro atoms. The molecule has 3 rings (SSSR count). The molecule has 5 nitrogen and oxygen atoms in total. The Hall–Kier alpha value is -2.79. The molecule has 2 aromatic rings. The van der Waals surface area contributed by atoms with Gasteiger partial charge in [-0.05, 0) is 44.9 Å². The number of anilines is 1. The molecule has 1 unspecified atom stereocenters. The van der Waals surface area contributed by atoms with Crippen LogP contribution in [0.25, 0.3) is 0 Å². The van der Waals surface area contributed by atoms with Crippen molar-refractivity contribution in [3.8, 4) is 12.1 Å². The van der Waals surface area contributed by atoms with E-state index < -0.39 is 0 Å². The molecule has 1 aliphatic heterocycles. The molecule has 0 bridgehead atoms. The third-order valence-electron chi connectivity index (χ3n) is 4.38. The Morgan fingerprint density at radius 2 is 1.87 bits per heavy atom. The van der Waals surface area contributed by atoms with Crippen molar-refractivity contribution in [1.82, 2.24) is 9.78 Å². The van der Waals surface area contributed by atoms with Crippen LogP contribution in [0, 0.1) is 36.5 Å². The predicted molar refractivity (Wildman–Crippen MR) is 88.1 cm³/mol. The fraction of sp³-hybridized carbons (Fsp3) is 0.389. The normalized spacial score (nSPS) is 17.6. The van der Waals surface area contributed by atoms with E-state index in [4.69, 9.17) is 0 Å². The Labute approximate surface area is 136 Å². The minimum atomic E-state index is 0.274. The number of nitriles is 2. The third-order valence-corrected chi connectivity index (χ3v) is 4.38. The maximum atomic E-state index is 9.40. The van der Waals surface area contributed by atoms with Gasteiger partial charge in [0.2, 0.25) is 0 Å². The van der Waals surface area contributed by atoms with Crippen molar-refractivity contribution in [2.24, 2.45) is 0 Å². The van der Waals surface area contributed by atoms with Gasteiger partial charge in [0.25, 0.3) is 0 Å². The first-order chi connectivity index (χ1) is 11.1. The Balaban J connectivity index is 1.95. The predicted octanol–water partition coefficient (Wildman–Crippen LogP) is 3.08. The number of rotatable bonds is 2. The number of piperidine rings is 1. The molecule has 1 fully saturated rings. The quantitative estimate of drug-likeness (QED) is 0.855. The standard InChI is InChI=1S/C18H19N5/c1-13-9-14(2)23(21-13)17-7-4-8-22(12-17)18-15(10-19)5-3-6-16(18)11-20/h3,5-6,9,17H,4,7-8,12H2,1-2H3. The van der Waals surface area contributed by atoms with Gasteiger partial charge in [-0.25, -0.2) is 0 Å². The molecule has 0 aliphatic carbocycles. The first kappa shape index (κ1) is 15.1. The lowest BCUT2D eigenvalue weighted by molar-refractivity contribution is 0.369. The average Bonchev–Trinajstić information content (AvgIpc) is 2.92. The van der Waals surface area contributed by atoms with E-state index in [9.17, 15) is 10.5 Å². The van der Waals surface area contributed by atoms with E-state index >= 15 is 0 Å². The molecule has 5 heteroatoms. The smallest absolute Gasteiger partial charge is 0.101 e. The van der Waals surface area contributed by atoms with Crippen LogP contribution < -0.4 is 4.90 Å². The van der Waals surface area contributed by atoms with E-state index in [-0.39, 0.29) is 6.04 Å². The van der Waals surface area contributed by atoms with Crippen molar-refractivity contribution in [2.75, 3.05) is 18.0 Å². The lowest BCUT2D eigenvalue weighted by Crippen LogP contribution is -2.38.